The molecule has 3 aromatic heterocycles. The summed E-state index contributed by atoms with van der Waals surface area (Å²) in [4.78, 5) is 42.0. The topological polar surface area (TPSA) is 155 Å². The quantitative estimate of drug-likeness (QED) is 0.396. The van der Waals surface area contributed by atoms with Crippen molar-refractivity contribution in [2.75, 3.05) is 32.1 Å². The van der Waals surface area contributed by atoms with Crippen LogP contribution >= 0.6 is 0 Å². The number of aliphatic hydroxyl groups excluding tert-OH is 1. The summed E-state index contributed by atoms with van der Waals surface area (Å²) in [5.74, 6) is -0.169. The van der Waals surface area contributed by atoms with E-state index in [2.05, 4.69) is 27.6 Å². The summed E-state index contributed by atoms with van der Waals surface area (Å²) in [6.07, 6.45) is 5.77. The molecule has 1 saturated carbocycles. The minimum Gasteiger partial charge on any atom is -0.387 e. The van der Waals surface area contributed by atoms with E-state index in [1.165, 1.54) is 6.20 Å². The first-order chi connectivity index (χ1) is 17.3. The second-order valence-corrected chi connectivity index (χ2v) is 9.59. The fraction of sp³-hybridized carbons (Fsp3) is 0.400. The summed E-state index contributed by atoms with van der Waals surface area (Å²) >= 11 is 0. The molecular weight excluding hydrogens is 462 g/mol. The molecule has 0 spiro atoms. The molecule has 5 rings (SSSR count). The Bertz CT molecular complexity index is 1340. The number of hydrogen-bond donors (Lipinski definition) is 4. The Kier molecular flexibility index (Phi) is 6.09. The zero-order valence-corrected chi connectivity index (χ0v) is 20.1. The smallest absolute Gasteiger partial charge is 0.269 e. The lowest BCUT2D eigenvalue weighted by Gasteiger charge is -2.25. The predicted molar refractivity (Wildman–Crippen MR) is 132 cm³/mol. The van der Waals surface area contributed by atoms with Crippen molar-refractivity contribution in [2.45, 2.75) is 19.4 Å². The van der Waals surface area contributed by atoms with Crippen molar-refractivity contribution < 1.29 is 19.5 Å². The lowest BCUT2D eigenvalue weighted by Crippen LogP contribution is -2.35. The number of amides is 3. The van der Waals surface area contributed by atoms with Crippen molar-refractivity contribution >= 4 is 28.9 Å². The number of rotatable bonds is 6. The molecule has 0 unspecified atom stereocenters. The minimum atomic E-state index is -0.572. The highest BCUT2D eigenvalue weighted by atomic mass is 16.3. The first-order valence-corrected chi connectivity index (χ1v) is 12.0. The van der Waals surface area contributed by atoms with Crippen LogP contribution in [0.3, 0.4) is 0 Å². The van der Waals surface area contributed by atoms with Crippen LogP contribution in [0.25, 0.3) is 16.6 Å². The maximum Gasteiger partial charge on any atom is 0.269 e. The first-order valence-electron chi connectivity index (χ1n) is 12.0. The number of likely N-dealkylation sites (tertiary alicyclic amines) is 1. The van der Waals surface area contributed by atoms with Gasteiger partial charge in [-0.25, -0.2) is 4.52 Å². The van der Waals surface area contributed by atoms with Crippen molar-refractivity contribution in [3.05, 3.63) is 48.0 Å². The third kappa shape index (κ3) is 4.05. The second-order valence-electron chi connectivity index (χ2n) is 9.59. The number of pyridine rings is 1. The van der Waals surface area contributed by atoms with E-state index >= 15 is 0 Å². The van der Waals surface area contributed by atoms with E-state index in [1.54, 1.807) is 28.7 Å². The fourth-order valence-corrected chi connectivity index (χ4v) is 5.64. The average molecular weight is 492 g/mol. The van der Waals surface area contributed by atoms with Crippen LogP contribution in [-0.4, -0.2) is 75.1 Å². The molecule has 4 heterocycles. The van der Waals surface area contributed by atoms with Gasteiger partial charge in [-0.05, 0) is 36.3 Å². The molecule has 0 aromatic carbocycles. The summed E-state index contributed by atoms with van der Waals surface area (Å²) in [6.45, 7) is 2.95. The molecule has 3 aromatic rings. The van der Waals surface area contributed by atoms with E-state index in [4.69, 9.17) is 5.73 Å². The molecule has 4 atom stereocenters. The molecule has 5 N–H and O–H groups in total. The normalized spacial score (nSPS) is 23.0. The van der Waals surface area contributed by atoms with E-state index in [1.807, 2.05) is 18.3 Å². The average Bonchev–Trinajstić information content (AvgIpc) is 3.58. The van der Waals surface area contributed by atoms with Gasteiger partial charge in [-0.15, -0.1) is 0 Å². The number of carbonyl (C=O) groups is 3. The summed E-state index contributed by atoms with van der Waals surface area (Å²) in [7, 11) is 1.55. The summed E-state index contributed by atoms with van der Waals surface area (Å²) in [5, 5.41) is 19.7. The number of carbonyl (C=O) groups excluding carboxylic acids is 3. The highest BCUT2D eigenvalue weighted by Crippen LogP contribution is 2.44. The standard InChI is InChI=1S/C25H29N7O4/c1-13-18-11-31(22(34)12-33)9-16(18)5-20(13)30-23-17(24(26)35)8-29-32-10-15(6-21(23)32)14-3-4-19(28-7-14)25(36)27-2/h3-4,6-8,10,13,16,18,20,30,33H,5,9,11-12H2,1-2H3,(H2,26,35)(H,27,36)/t13-,16+,18-,20+/m0/s1. The van der Waals surface area contributed by atoms with Gasteiger partial charge in [-0.3, -0.25) is 19.4 Å². The Balaban J connectivity index is 1.44. The molecule has 2 fully saturated rings. The Morgan fingerprint density at radius 2 is 2.00 bits per heavy atom. The highest BCUT2D eigenvalue weighted by Gasteiger charge is 2.47. The van der Waals surface area contributed by atoms with Crippen molar-refractivity contribution in [1.29, 1.82) is 0 Å². The molecule has 36 heavy (non-hydrogen) atoms. The van der Waals surface area contributed by atoms with Crippen molar-refractivity contribution in [2.24, 2.45) is 23.5 Å². The van der Waals surface area contributed by atoms with Crippen LogP contribution in [0.4, 0.5) is 5.69 Å². The Hall–Kier alpha value is -3.99. The van der Waals surface area contributed by atoms with Gasteiger partial charge >= 0.3 is 0 Å². The van der Waals surface area contributed by atoms with Gasteiger partial charge in [0.05, 0.1) is 23.0 Å². The van der Waals surface area contributed by atoms with Crippen LogP contribution in [0.15, 0.2) is 36.8 Å². The van der Waals surface area contributed by atoms with Crippen LogP contribution < -0.4 is 16.4 Å². The number of aliphatic hydroxyl groups is 1. The molecule has 11 heteroatoms. The van der Waals surface area contributed by atoms with Crippen molar-refractivity contribution in [3.63, 3.8) is 0 Å². The van der Waals surface area contributed by atoms with Gasteiger partial charge < -0.3 is 26.4 Å². The molecule has 1 aliphatic heterocycles. The minimum absolute atomic E-state index is 0.0857. The second kappa shape index (κ2) is 9.23. The first kappa shape index (κ1) is 23.7. The summed E-state index contributed by atoms with van der Waals surface area (Å²) in [6, 6.07) is 5.47. The largest absolute Gasteiger partial charge is 0.387 e. The zero-order chi connectivity index (χ0) is 25.6. The maximum absolute atomic E-state index is 12.3. The number of aromatic nitrogens is 3. The lowest BCUT2D eigenvalue weighted by atomic mass is 9.93. The van der Waals surface area contributed by atoms with Gasteiger partial charge in [-0.1, -0.05) is 13.0 Å². The number of anilines is 1. The van der Waals surface area contributed by atoms with Gasteiger partial charge in [0.25, 0.3) is 11.8 Å². The summed E-state index contributed by atoms with van der Waals surface area (Å²) in [5.41, 5.74) is 9.30. The van der Waals surface area contributed by atoms with Gasteiger partial charge in [0, 0.05) is 49.7 Å². The molecule has 1 saturated heterocycles. The number of fused-ring (bicyclic) bond motifs is 2. The van der Waals surface area contributed by atoms with Crippen LogP contribution in [0.5, 0.6) is 0 Å². The predicted octanol–water partition coefficient (Wildman–Crippen LogP) is 0.742. The fourth-order valence-electron chi connectivity index (χ4n) is 5.64. The monoisotopic (exact) mass is 491 g/mol. The Morgan fingerprint density at radius 3 is 2.64 bits per heavy atom. The molecular formula is C25H29N7O4. The SMILES string of the molecule is CNC(=O)c1ccc(-c2cc3c(N[C@@H]4C[C@@H]5CN(C(=O)CO)C[C@H]5[C@@H]4C)c(C(N)=O)cnn3c2)cn1. The molecule has 188 valence electrons. The van der Waals surface area contributed by atoms with Gasteiger partial charge in [-0.2, -0.15) is 5.10 Å². The summed E-state index contributed by atoms with van der Waals surface area (Å²) < 4.78 is 1.69. The zero-order valence-electron chi connectivity index (χ0n) is 20.1. The lowest BCUT2D eigenvalue weighted by molar-refractivity contribution is -0.133. The molecule has 3 amide bonds. The van der Waals surface area contributed by atoms with E-state index in [-0.39, 0.29) is 23.8 Å². The molecule has 1 aliphatic carbocycles. The number of nitrogens with two attached hydrogens (primary N) is 1. The van der Waals surface area contributed by atoms with E-state index in [0.717, 1.165) is 17.5 Å². The Labute approximate surface area is 207 Å². The third-order valence-electron chi connectivity index (χ3n) is 7.64. The third-order valence-corrected chi connectivity index (χ3v) is 7.64. The van der Waals surface area contributed by atoms with E-state index in [9.17, 15) is 19.5 Å². The number of hydrogen-bond acceptors (Lipinski definition) is 7. The Morgan fingerprint density at radius 1 is 1.19 bits per heavy atom. The van der Waals surface area contributed by atoms with Crippen LogP contribution in [-0.2, 0) is 4.79 Å². The molecule has 11 nitrogen and oxygen atoms in total. The molecule has 0 bridgehead atoms. The number of nitrogens with one attached hydrogen (secondary N) is 2. The van der Waals surface area contributed by atoms with Crippen molar-refractivity contribution in [1.82, 2.24) is 24.8 Å². The van der Waals surface area contributed by atoms with E-state index in [0.29, 0.717) is 47.4 Å². The van der Waals surface area contributed by atoms with Crippen LogP contribution in [0, 0.1) is 17.8 Å². The van der Waals surface area contributed by atoms with E-state index < -0.39 is 12.5 Å². The highest BCUT2D eigenvalue weighted by molar-refractivity contribution is 6.02. The molecule has 0 radical (unpaired) electrons. The number of nitrogens with zero attached hydrogens (tertiary/aromatic N) is 4. The van der Waals surface area contributed by atoms with Crippen molar-refractivity contribution in [3.8, 4) is 11.1 Å². The van der Waals surface area contributed by atoms with Crippen LogP contribution in [0.1, 0.15) is 34.2 Å². The maximum atomic E-state index is 12.3. The van der Waals surface area contributed by atoms with Gasteiger partial charge in [0.2, 0.25) is 5.91 Å². The number of primary amides is 1. The van der Waals surface area contributed by atoms with Gasteiger partial charge in [0.1, 0.15) is 12.3 Å². The van der Waals surface area contributed by atoms with Gasteiger partial charge in [0.15, 0.2) is 0 Å². The van der Waals surface area contributed by atoms with Crippen LogP contribution in [0.2, 0.25) is 0 Å². The molecule has 2 aliphatic rings.